The fourth-order valence-electron chi connectivity index (χ4n) is 4.14. The van der Waals surface area contributed by atoms with E-state index in [1.807, 2.05) is 17.0 Å². The van der Waals surface area contributed by atoms with Gasteiger partial charge in [-0.1, -0.05) is 12.1 Å². The van der Waals surface area contributed by atoms with Gasteiger partial charge in [0, 0.05) is 39.0 Å². The summed E-state index contributed by atoms with van der Waals surface area (Å²) in [7, 11) is 0. The highest BCUT2D eigenvalue weighted by Crippen LogP contribution is 2.40. The molecular weight excluding hydrogens is 332 g/mol. The first kappa shape index (κ1) is 18.7. The van der Waals surface area contributed by atoms with Gasteiger partial charge in [-0.05, 0) is 48.8 Å². The molecule has 0 saturated carbocycles. The number of carbonyl (C=O) groups is 2. The molecule has 0 radical (unpaired) electrons. The van der Waals surface area contributed by atoms with E-state index in [4.69, 9.17) is 5.11 Å². The Bertz CT molecular complexity index is 636. The van der Waals surface area contributed by atoms with Gasteiger partial charge in [0.2, 0.25) is 11.8 Å². The lowest BCUT2D eigenvalue weighted by Crippen LogP contribution is -2.52. The maximum absolute atomic E-state index is 12.5. The highest BCUT2D eigenvalue weighted by Gasteiger charge is 2.41. The van der Waals surface area contributed by atoms with Crippen LogP contribution in [0.3, 0.4) is 0 Å². The Morgan fingerprint density at radius 2 is 1.81 bits per heavy atom. The Hall–Kier alpha value is -2.08. The molecule has 0 aromatic heterocycles. The number of hydrogen-bond acceptors (Lipinski definition) is 4. The lowest BCUT2D eigenvalue weighted by Gasteiger charge is -2.47. The second kappa shape index (κ2) is 8.08. The average molecular weight is 360 g/mol. The second-order valence-corrected chi connectivity index (χ2v) is 7.59. The van der Waals surface area contributed by atoms with Crippen molar-refractivity contribution in [2.24, 2.45) is 5.41 Å². The Morgan fingerprint density at radius 1 is 1.12 bits per heavy atom. The fraction of sp³-hybridized carbons (Fsp3) is 0.600. The minimum Gasteiger partial charge on any atom is -0.508 e. The van der Waals surface area contributed by atoms with Crippen molar-refractivity contribution in [2.75, 3.05) is 32.8 Å². The number of nitrogens with zero attached hydrogens (tertiary/aromatic N) is 2. The first-order valence-corrected chi connectivity index (χ1v) is 9.46. The zero-order valence-electron chi connectivity index (χ0n) is 15.2. The third-order valence-electron chi connectivity index (χ3n) is 5.86. The van der Waals surface area contributed by atoms with Gasteiger partial charge in [-0.15, -0.1) is 0 Å². The number of β-amino-alcohol motifs (C(OH)–C–C–N with tert-alkyl or cyclic N) is 1. The van der Waals surface area contributed by atoms with Crippen LogP contribution in [0.2, 0.25) is 0 Å². The van der Waals surface area contributed by atoms with E-state index in [9.17, 15) is 14.7 Å². The zero-order chi connectivity index (χ0) is 18.6. The molecule has 0 atom stereocenters. The van der Waals surface area contributed by atoms with Gasteiger partial charge in [0.15, 0.2) is 0 Å². The summed E-state index contributed by atoms with van der Waals surface area (Å²) in [6, 6.07) is 6.99. The van der Waals surface area contributed by atoms with Crippen LogP contribution in [0.5, 0.6) is 5.75 Å². The van der Waals surface area contributed by atoms with Crippen molar-refractivity contribution >= 4 is 11.8 Å². The average Bonchev–Trinajstić information content (AvgIpc) is 2.65. The molecule has 26 heavy (non-hydrogen) atoms. The van der Waals surface area contributed by atoms with E-state index in [0.29, 0.717) is 32.4 Å². The van der Waals surface area contributed by atoms with Crippen molar-refractivity contribution in [1.29, 1.82) is 0 Å². The molecule has 0 unspecified atom stereocenters. The van der Waals surface area contributed by atoms with E-state index in [0.717, 1.165) is 37.9 Å². The van der Waals surface area contributed by atoms with Crippen LogP contribution < -0.4 is 0 Å². The smallest absolute Gasteiger partial charge is 0.222 e. The van der Waals surface area contributed by atoms with Gasteiger partial charge in [0.25, 0.3) is 0 Å². The monoisotopic (exact) mass is 360 g/mol. The molecule has 6 heteroatoms. The van der Waals surface area contributed by atoms with Crippen LogP contribution in [0.15, 0.2) is 24.3 Å². The molecule has 2 amide bonds. The number of benzene rings is 1. The van der Waals surface area contributed by atoms with E-state index in [1.165, 1.54) is 0 Å². The van der Waals surface area contributed by atoms with Gasteiger partial charge in [-0.25, -0.2) is 0 Å². The number of aliphatic hydroxyl groups excluding tert-OH is 1. The lowest BCUT2D eigenvalue weighted by atomic mass is 9.72. The summed E-state index contributed by atoms with van der Waals surface area (Å²) in [6.45, 7) is 2.62. The maximum Gasteiger partial charge on any atom is 0.222 e. The number of aryl methyl sites for hydroxylation is 1. The van der Waals surface area contributed by atoms with Gasteiger partial charge in [-0.3, -0.25) is 9.59 Å². The van der Waals surface area contributed by atoms with E-state index in [1.54, 1.807) is 17.0 Å². The van der Waals surface area contributed by atoms with E-state index in [2.05, 4.69) is 0 Å². The first-order chi connectivity index (χ1) is 12.5. The molecule has 1 aromatic carbocycles. The lowest BCUT2D eigenvalue weighted by molar-refractivity contribution is -0.143. The number of aromatic hydroxyl groups is 1. The van der Waals surface area contributed by atoms with E-state index in [-0.39, 0.29) is 29.6 Å². The summed E-state index contributed by atoms with van der Waals surface area (Å²) in [5.41, 5.74) is 1.16. The molecule has 6 nitrogen and oxygen atoms in total. The molecular formula is C20H28N2O4. The number of phenolic OH excluding ortho intramolecular Hbond substituents is 1. The van der Waals surface area contributed by atoms with Crippen molar-refractivity contribution in [3.63, 3.8) is 0 Å². The molecule has 142 valence electrons. The third-order valence-corrected chi connectivity index (χ3v) is 5.86. The molecule has 1 aromatic rings. The highest BCUT2D eigenvalue weighted by atomic mass is 16.3. The molecule has 2 aliphatic rings. The predicted octanol–water partition coefficient (Wildman–Crippen LogP) is 1.55. The quantitative estimate of drug-likeness (QED) is 0.835. The van der Waals surface area contributed by atoms with E-state index >= 15 is 0 Å². The van der Waals surface area contributed by atoms with Gasteiger partial charge in [-0.2, -0.15) is 0 Å². The van der Waals surface area contributed by atoms with Gasteiger partial charge in [0.05, 0.1) is 6.61 Å². The van der Waals surface area contributed by atoms with Crippen LogP contribution in [-0.2, 0) is 16.0 Å². The van der Waals surface area contributed by atoms with Crippen molar-refractivity contribution in [2.45, 2.75) is 38.5 Å². The normalized spacial score (nSPS) is 19.8. The molecule has 2 saturated heterocycles. The SMILES string of the molecule is O=C(CCc1ccc(O)cc1)N1CCC2(CCC(=O)N(CCO)C2)CC1. The molecule has 2 heterocycles. The Kier molecular flexibility index (Phi) is 5.81. The van der Waals surface area contributed by atoms with Gasteiger partial charge >= 0.3 is 0 Å². The zero-order valence-corrected chi connectivity index (χ0v) is 15.2. The van der Waals surface area contributed by atoms with E-state index < -0.39 is 0 Å². The molecule has 0 bridgehead atoms. The summed E-state index contributed by atoms with van der Waals surface area (Å²) >= 11 is 0. The third kappa shape index (κ3) is 4.36. The standard InChI is InChI=1S/C20H28N2O4/c23-14-13-22-15-20(8-7-19(22)26)9-11-21(12-10-20)18(25)6-3-16-1-4-17(24)5-2-16/h1-2,4-5,23-24H,3,6-15H2. The second-order valence-electron chi connectivity index (χ2n) is 7.59. The Morgan fingerprint density at radius 3 is 2.46 bits per heavy atom. The Labute approximate surface area is 154 Å². The van der Waals surface area contributed by atoms with Crippen LogP contribution in [0.4, 0.5) is 0 Å². The predicted molar refractivity (Wildman–Crippen MR) is 97.6 cm³/mol. The summed E-state index contributed by atoms with van der Waals surface area (Å²) in [5, 5.41) is 18.5. The first-order valence-electron chi connectivity index (χ1n) is 9.46. The highest BCUT2D eigenvalue weighted by molar-refractivity contribution is 5.78. The van der Waals surface area contributed by atoms with Crippen LogP contribution in [0.1, 0.15) is 37.7 Å². The van der Waals surface area contributed by atoms with Crippen LogP contribution >= 0.6 is 0 Å². The van der Waals surface area contributed by atoms with Crippen molar-refractivity contribution in [3.05, 3.63) is 29.8 Å². The number of amides is 2. The fourth-order valence-corrected chi connectivity index (χ4v) is 4.14. The van der Waals surface area contributed by atoms with Gasteiger partial charge < -0.3 is 20.0 Å². The number of carbonyl (C=O) groups excluding carboxylic acids is 2. The molecule has 0 aliphatic carbocycles. The maximum atomic E-state index is 12.5. The largest absolute Gasteiger partial charge is 0.508 e. The van der Waals surface area contributed by atoms with Crippen LogP contribution in [0, 0.1) is 5.41 Å². The minimum absolute atomic E-state index is 0.00366. The molecule has 2 N–H and O–H groups in total. The summed E-state index contributed by atoms with van der Waals surface area (Å²) in [5.74, 6) is 0.548. The number of aliphatic hydroxyl groups is 1. The summed E-state index contributed by atoms with van der Waals surface area (Å²) in [4.78, 5) is 28.2. The Balaban J connectivity index is 1.49. The van der Waals surface area contributed by atoms with Crippen molar-refractivity contribution < 1.29 is 19.8 Å². The minimum atomic E-state index is 0.00366. The van der Waals surface area contributed by atoms with Crippen molar-refractivity contribution in [1.82, 2.24) is 9.80 Å². The van der Waals surface area contributed by atoms with Crippen molar-refractivity contribution in [3.8, 4) is 5.75 Å². The summed E-state index contributed by atoms with van der Waals surface area (Å²) < 4.78 is 0. The number of phenols is 1. The topological polar surface area (TPSA) is 81.1 Å². The molecule has 2 aliphatic heterocycles. The molecule has 1 spiro atoms. The number of hydrogen-bond donors (Lipinski definition) is 2. The number of piperidine rings is 2. The van der Waals surface area contributed by atoms with Crippen LogP contribution in [-0.4, -0.2) is 64.6 Å². The summed E-state index contributed by atoms with van der Waals surface area (Å²) in [6.07, 6.45) is 4.45. The number of likely N-dealkylation sites (tertiary alicyclic amines) is 2. The van der Waals surface area contributed by atoms with Crippen LogP contribution in [0.25, 0.3) is 0 Å². The number of rotatable bonds is 5. The molecule has 3 rings (SSSR count). The molecule has 2 fully saturated rings. The van der Waals surface area contributed by atoms with Gasteiger partial charge in [0.1, 0.15) is 5.75 Å².